The number of hydrogen-bond acceptors (Lipinski definition) is 5. The van der Waals surface area contributed by atoms with E-state index in [0.717, 1.165) is 12.7 Å². The van der Waals surface area contributed by atoms with Crippen LogP contribution in [0.1, 0.15) is 37.7 Å². The summed E-state index contributed by atoms with van der Waals surface area (Å²) >= 11 is 0. The number of esters is 1. The number of aromatic carboxylic acids is 1. The molecule has 0 radical (unpaired) electrons. The number of methoxy groups -OCH3 is 1. The molecule has 0 aliphatic rings. The first-order chi connectivity index (χ1) is 10.5. The third-order valence-corrected chi connectivity index (χ3v) is 3.24. The Morgan fingerprint density at radius 2 is 1.82 bits per heavy atom. The van der Waals surface area contributed by atoms with Crippen LogP contribution in [0.5, 0.6) is 5.75 Å². The van der Waals surface area contributed by atoms with Gasteiger partial charge in [0.15, 0.2) is 5.75 Å². The van der Waals surface area contributed by atoms with E-state index in [1.54, 1.807) is 0 Å². The lowest BCUT2D eigenvalue weighted by molar-refractivity contribution is 0.0579. The fraction of sp³-hybridized carbons (Fsp3) is 0.188. The van der Waals surface area contributed by atoms with Crippen LogP contribution in [0.4, 0.5) is 0 Å². The van der Waals surface area contributed by atoms with Crippen molar-refractivity contribution in [2.75, 3.05) is 7.11 Å². The Bertz CT molecular complexity index is 725. The van der Waals surface area contributed by atoms with Crippen LogP contribution in [0.2, 0.25) is 0 Å². The summed E-state index contributed by atoms with van der Waals surface area (Å²) in [7, 11) is 1.15. The molecule has 2 N–H and O–H groups in total. The summed E-state index contributed by atoms with van der Waals surface area (Å²) in [6.07, 6.45) is 0.257. The Labute approximate surface area is 127 Å². The Kier molecular flexibility index (Phi) is 4.41. The molecule has 22 heavy (non-hydrogen) atoms. The average molecular weight is 301 g/mol. The molecular formula is C16H15NO5. The number of carboxylic acid groups (broad SMARTS) is 1. The number of carbonyl (C=O) groups excluding carboxylic acids is 1. The fourth-order valence-corrected chi connectivity index (χ4v) is 2.20. The number of carbonyl (C=O) groups is 2. The largest absolute Gasteiger partial charge is 0.505 e. The smallest absolute Gasteiger partial charge is 0.340 e. The van der Waals surface area contributed by atoms with Gasteiger partial charge >= 0.3 is 11.9 Å². The van der Waals surface area contributed by atoms with Gasteiger partial charge in [0.2, 0.25) is 0 Å². The molecule has 0 saturated heterocycles. The summed E-state index contributed by atoms with van der Waals surface area (Å²) in [5, 5.41) is 19.2. The van der Waals surface area contributed by atoms with E-state index >= 15 is 0 Å². The van der Waals surface area contributed by atoms with E-state index in [1.807, 2.05) is 30.3 Å². The molecular weight excluding hydrogens is 286 g/mol. The second kappa shape index (κ2) is 6.26. The van der Waals surface area contributed by atoms with Gasteiger partial charge in [-0.25, -0.2) is 9.59 Å². The predicted molar refractivity (Wildman–Crippen MR) is 78.2 cm³/mol. The normalized spacial score (nSPS) is 10.3. The Morgan fingerprint density at radius 3 is 2.36 bits per heavy atom. The summed E-state index contributed by atoms with van der Waals surface area (Å²) < 4.78 is 4.65. The molecule has 0 atom stereocenters. The Balaban J connectivity index is 2.66. The number of ether oxygens (including phenoxy) is 1. The van der Waals surface area contributed by atoms with E-state index in [1.165, 1.54) is 6.92 Å². The van der Waals surface area contributed by atoms with Crippen molar-refractivity contribution in [2.45, 2.75) is 13.3 Å². The van der Waals surface area contributed by atoms with Crippen LogP contribution in [0.25, 0.3) is 0 Å². The van der Waals surface area contributed by atoms with E-state index in [-0.39, 0.29) is 23.4 Å². The number of pyridine rings is 1. The average Bonchev–Trinajstić information content (AvgIpc) is 2.50. The van der Waals surface area contributed by atoms with Crippen molar-refractivity contribution in [3.8, 4) is 5.75 Å². The first-order valence-electron chi connectivity index (χ1n) is 6.53. The minimum absolute atomic E-state index is 0.149. The zero-order valence-electron chi connectivity index (χ0n) is 12.2. The van der Waals surface area contributed by atoms with Gasteiger partial charge in [0, 0.05) is 6.42 Å². The van der Waals surface area contributed by atoms with Crippen LogP contribution in [0.3, 0.4) is 0 Å². The van der Waals surface area contributed by atoms with Gasteiger partial charge in [0.25, 0.3) is 0 Å². The van der Waals surface area contributed by atoms with E-state index in [0.29, 0.717) is 0 Å². The van der Waals surface area contributed by atoms with E-state index in [9.17, 15) is 19.8 Å². The lowest BCUT2D eigenvalue weighted by Gasteiger charge is -2.13. The highest BCUT2D eigenvalue weighted by Gasteiger charge is 2.28. The van der Waals surface area contributed by atoms with Crippen molar-refractivity contribution in [1.29, 1.82) is 0 Å². The van der Waals surface area contributed by atoms with E-state index in [2.05, 4.69) is 9.72 Å². The van der Waals surface area contributed by atoms with Crippen molar-refractivity contribution in [3.63, 3.8) is 0 Å². The van der Waals surface area contributed by atoms with Crippen molar-refractivity contribution >= 4 is 11.9 Å². The predicted octanol–water partition coefficient (Wildman–Crippen LogP) is 2.17. The maximum absolute atomic E-state index is 12.0. The highest BCUT2D eigenvalue weighted by atomic mass is 16.5. The maximum atomic E-state index is 12.0. The summed E-state index contributed by atoms with van der Waals surface area (Å²) in [6, 6.07) is 9.19. The highest BCUT2D eigenvalue weighted by Crippen LogP contribution is 2.28. The molecule has 2 aromatic rings. The van der Waals surface area contributed by atoms with Crippen molar-refractivity contribution in [1.82, 2.24) is 4.98 Å². The lowest BCUT2D eigenvalue weighted by Crippen LogP contribution is -2.16. The maximum Gasteiger partial charge on any atom is 0.340 e. The van der Waals surface area contributed by atoms with Gasteiger partial charge in [-0.05, 0) is 12.5 Å². The van der Waals surface area contributed by atoms with Gasteiger partial charge in [0.1, 0.15) is 5.56 Å². The molecule has 0 spiro atoms. The monoisotopic (exact) mass is 301 g/mol. The van der Waals surface area contributed by atoms with Gasteiger partial charge in [-0.2, -0.15) is 0 Å². The number of benzene rings is 1. The second-order valence-electron chi connectivity index (χ2n) is 4.70. The molecule has 2 rings (SSSR count). The third-order valence-electron chi connectivity index (χ3n) is 3.24. The molecule has 6 nitrogen and oxygen atoms in total. The van der Waals surface area contributed by atoms with Gasteiger partial charge in [-0.1, -0.05) is 30.3 Å². The first kappa shape index (κ1) is 15.5. The van der Waals surface area contributed by atoms with Crippen molar-refractivity contribution in [3.05, 3.63) is 58.4 Å². The zero-order valence-corrected chi connectivity index (χ0v) is 12.2. The van der Waals surface area contributed by atoms with E-state index < -0.39 is 23.3 Å². The molecule has 0 saturated carbocycles. The van der Waals surface area contributed by atoms with Crippen LogP contribution < -0.4 is 0 Å². The summed E-state index contributed by atoms with van der Waals surface area (Å²) in [6.45, 7) is 1.48. The SMILES string of the molecule is COC(=O)c1c(Cc2ccccc2)nc(C)c(O)c1C(=O)O. The molecule has 0 amide bonds. The van der Waals surface area contributed by atoms with Crippen molar-refractivity contribution in [2.24, 2.45) is 0 Å². The highest BCUT2D eigenvalue weighted by molar-refractivity contribution is 6.05. The van der Waals surface area contributed by atoms with Gasteiger partial charge in [-0.3, -0.25) is 4.98 Å². The molecule has 0 bridgehead atoms. The van der Waals surface area contributed by atoms with Crippen LogP contribution >= 0.6 is 0 Å². The van der Waals surface area contributed by atoms with Crippen LogP contribution in [0, 0.1) is 6.92 Å². The second-order valence-corrected chi connectivity index (χ2v) is 4.70. The topological polar surface area (TPSA) is 96.7 Å². The summed E-state index contributed by atoms with van der Waals surface area (Å²) in [4.78, 5) is 27.6. The first-order valence-corrected chi connectivity index (χ1v) is 6.53. The Morgan fingerprint density at radius 1 is 1.18 bits per heavy atom. The molecule has 1 aromatic carbocycles. The third kappa shape index (κ3) is 2.90. The number of rotatable bonds is 4. The van der Waals surface area contributed by atoms with Crippen molar-refractivity contribution < 1.29 is 24.5 Å². The zero-order chi connectivity index (χ0) is 16.3. The molecule has 0 unspecified atom stereocenters. The molecule has 0 aliphatic carbocycles. The molecule has 1 aromatic heterocycles. The van der Waals surface area contributed by atoms with Gasteiger partial charge in [0.05, 0.1) is 24.1 Å². The standard InChI is InChI=1S/C16H15NO5/c1-9-14(18)13(15(19)20)12(16(21)22-2)11(17-9)8-10-6-4-3-5-7-10/h3-7,18H,8H2,1-2H3,(H,19,20). The molecule has 114 valence electrons. The molecule has 6 heteroatoms. The van der Waals surface area contributed by atoms with E-state index in [4.69, 9.17) is 0 Å². The van der Waals surface area contributed by atoms with Gasteiger partial charge in [-0.15, -0.1) is 0 Å². The quantitative estimate of drug-likeness (QED) is 0.840. The number of nitrogens with zero attached hydrogens (tertiary/aromatic N) is 1. The molecule has 0 aliphatic heterocycles. The number of aromatic hydroxyl groups is 1. The Hall–Kier alpha value is -2.89. The minimum Gasteiger partial charge on any atom is -0.505 e. The molecule has 0 fully saturated rings. The number of aromatic nitrogens is 1. The number of carboxylic acids is 1. The van der Waals surface area contributed by atoms with Crippen LogP contribution in [0.15, 0.2) is 30.3 Å². The lowest BCUT2D eigenvalue weighted by atomic mass is 9.99. The van der Waals surface area contributed by atoms with Crippen LogP contribution in [-0.4, -0.2) is 34.2 Å². The minimum atomic E-state index is -1.40. The number of aryl methyl sites for hydroxylation is 1. The number of hydrogen-bond donors (Lipinski definition) is 2. The van der Waals surface area contributed by atoms with Gasteiger partial charge < -0.3 is 14.9 Å². The fourth-order valence-electron chi connectivity index (χ4n) is 2.20. The van der Waals surface area contributed by atoms with Crippen LogP contribution in [-0.2, 0) is 11.2 Å². The summed E-state index contributed by atoms with van der Waals surface area (Å²) in [5.74, 6) is -2.77. The summed E-state index contributed by atoms with van der Waals surface area (Å²) in [5.41, 5.74) is 0.565. The molecule has 1 heterocycles.